The van der Waals surface area contributed by atoms with E-state index in [1.54, 1.807) is 29.6 Å². The summed E-state index contributed by atoms with van der Waals surface area (Å²) in [6.07, 6.45) is 22.4. The fraction of sp³-hybridized carbons (Fsp3) is 0.705. The Morgan fingerprint density at radius 3 is 2.16 bits per heavy atom. The minimum atomic E-state index is -4.51. The first-order valence-corrected chi connectivity index (χ1v) is 23.1. The molecule has 14 heteroatoms. The maximum Gasteiger partial charge on any atom is 0.472 e. The molecule has 0 amide bonds. The first-order valence-electron chi connectivity index (χ1n) is 21.6. The molecule has 1 aromatic carbocycles. The van der Waals surface area contributed by atoms with Crippen LogP contribution >= 0.6 is 7.82 Å². The molecule has 0 radical (unpaired) electrons. The summed E-state index contributed by atoms with van der Waals surface area (Å²) in [7, 11) is -2.98. The molecule has 2 aromatic heterocycles. The van der Waals surface area contributed by atoms with Gasteiger partial charge in [0.25, 0.3) is 0 Å². The second-order valence-corrected chi connectivity index (χ2v) is 17.3. The van der Waals surface area contributed by atoms with Gasteiger partial charge in [-0.3, -0.25) is 9.05 Å². The van der Waals surface area contributed by atoms with Gasteiger partial charge < -0.3 is 29.6 Å². The number of anilines is 1. The zero-order chi connectivity index (χ0) is 42.1. The van der Waals surface area contributed by atoms with Crippen molar-refractivity contribution < 1.29 is 37.5 Å². The Morgan fingerprint density at radius 2 is 1.55 bits per heavy atom. The van der Waals surface area contributed by atoms with Gasteiger partial charge in [0.2, 0.25) is 0 Å². The lowest BCUT2D eigenvalue weighted by molar-refractivity contribution is -0.0616. The number of nitriles is 1. The molecule has 0 aliphatic rings. The Hall–Kier alpha value is -3.08. The van der Waals surface area contributed by atoms with Gasteiger partial charge >= 0.3 is 7.82 Å². The highest BCUT2D eigenvalue weighted by atomic mass is 31.2. The lowest BCUT2D eigenvalue weighted by Gasteiger charge is -2.29. The number of nitrogens with two attached hydrogens (primary N) is 1. The van der Waals surface area contributed by atoms with E-state index < -0.39 is 19.5 Å². The summed E-state index contributed by atoms with van der Waals surface area (Å²) in [6.45, 7) is 8.31. The normalized spacial score (nSPS) is 14.4. The average Bonchev–Trinajstić information content (AvgIpc) is 3.64. The molecule has 1 unspecified atom stereocenters. The van der Waals surface area contributed by atoms with Crippen LogP contribution in [0.4, 0.5) is 5.82 Å². The number of phosphoric ester groups is 1. The van der Waals surface area contributed by atoms with Crippen LogP contribution in [0.1, 0.15) is 154 Å². The van der Waals surface area contributed by atoms with Gasteiger partial charge in [-0.2, -0.15) is 10.4 Å². The standard InChI is InChI=1S/C44H72N5O8P/c1-6-7-8-9-10-11-12-13-14-15-16-17-18-19-20-21-28-53-32-40(54-31-37-22-23-38(30-45)42(29-37)57-36(2)3)33-55-58(50,51)56-34-44(4,52-5)27-26-39-24-25-41-43(46)47-35-48-49(39)41/h22-25,29,35-36,40H,6-21,26-28,31-34H2,1-5H3,(H,50,51)(H2,46,47,48)/t40-,44+/m1/s1. The molecule has 58 heavy (non-hydrogen) atoms. The second kappa shape index (κ2) is 27.6. The first kappa shape index (κ1) is 49.3. The molecule has 13 nitrogen and oxygen atoms in total. The van der Waals surface area contributed by atoms with Crippen molar-refractivity contribution in [1.82, 2.24) is 14.6 Å². The first-order chi connectivity index (χ1) is 28.0. The zero-order valence-electron chi connectivity index (χ0n) is 36.0. The number of nitrogen functional groups attached to an aromatic ring is 1. The number of fused-ring (bicyclic) bond motifs is 1. The van der Waals surface area contributed by atoms with Crippen molar-refractivity contribution in [3.8, 4) is 11.8 Å². The third-order valence-electron chi connectivity index (χ3n) is 10.4. The number of hydrogen-bond acceptors (Lipinski definition) is 11. The summed E-state index contributed by atoms with van der Waals surface area (Å²) < 4.78 is 49.5. The lowest BCUT2D eigenvalue weighted by Crippen LogP contribution is -2.34. The molecular weight excluding hydrogens is 757 g/mol. The second-order valence-electron chi connectivity index (χ2n) is 15.9. The molecule has 0 fully saturated rings. The van der Waals surface area contributed by atoms with Crippen LogP contribution in [-0.2, 0) is 40.9 Å². The zero-order valence-corrected chi connectivity index (χ0v) is 36.9. The Bertz CT molecular complexity index is 1670. The fourth-order valence-electron chi connectivity index (χ4n) is 6.68. The van der Waals surface area contributed by atoms with Gasteiger partial charge in [-0.15, -0.1) is 0 Å². The monoisotopic (exact) mass is 830 g/mol. The molecule has 0 saturated carbocycles. The molecule has 0 aliphatic carbocycles. The Morgan fingerprint density at radius 1 is 0.914 bits per heavy atom. The van der Waals surface area contributed by atoms with Crippen molar-refractivity contribution >= 4 is 19.2 Å². The van der Waals surface area contributed by atoms with Gasteiger partial charge in [-0.1, -0.05) is 109 Å². The quantitative estimate of drug-likeness (QED) is 0.0431. The molecule has 0 saturated heterocycles. The van der Waals surface area contributed by atoms with Gasteiger partial charge in [0, 0.05) is 19.4 Å². The van der Waals surface area contributed by atoms with Crippen LogP contribution in [0.3, 0.4) is 0 Å². The van der Waals surface area contributed by atoms with E-state index in [0.717, 1.165) is 24.1 Å². The number of rotatable bonds is 34. The van der Waals surface area contributed by atoms with E-state index >= 15 is 0 Å². The maximum absolute atomic E-state index is 13.1. The Balaban J connectivity index is 1.43. The van der Waals surface area contributed by atoms with Crippen molar-refractivity contribution in [1.29, 1.82) is 5.26 Å². The third kappa shape index (κ3) is 19.3. The molecule has 3 atom stereocenters. The van der Waals surface area contributed by atoms with Crippen LogP contribution in [0.5, 0.6) is 5.75 Å². The molecule has 0 bridgehead atoms. The molecule has 326 valence electrons. The van der Waals surface area contributed by atoms with Crippen LogP contribution in [0.25, 0.3) is 5.52 Å². The van der Waals surface area contributed by atoms with Gasteiger partial charge in [-0.05, 0) is 69.9 Å². The predicted octanol–water partition coefficient (Wildman–Crippen LogP) is 10.3. The van der Waals surface area contributed by atoms with E-state index in [9.17, 15) is 14.7 Å². The van der Waals surface area contributed by atoms with Crippen molar-refractivity contribution in [2.24, 2.45) is 0 Å². The number of aromatic nitrogens is 3. The van der Waals surface area contributed by atoms with Crippen molar-refractivity contribution in [3.05, 3.63) is 53.5 Å². The predicted molar refractivity (Wildman–Crippen MR) is 229 cm³/mol. The van der Waals surface area contributed by atoms with Crippen molar-refractivity contribution in [2.45, 2.75) is 168 Å². The number of aryl methyl sites for hydroxylation is 1. The number of benzene rings is 1. The number of nitrogens with zero attached hydrogens (tertiary/aromatic N) is 4. The van der Waals surface area contributed by atoms with E-state index in [1.165, 1.54) is 103 Å². The van der Waals surface area contributed by atoms with Gasteiger partial charge in [0.05, 0.1) is 43.7 Å². The molecular formula is C44H72N5O8P. The van der Waals surface area contributed by atoms with Gasteiger partial charge in [0.1, 0.15) is 29.8 Å². The minimum absolute atomic E-state index is 0.108. The van der Waals surface area contributed by atoms with E-state index in [1.807, 2.05) is 26.0 Å². The number of ether oxygens (including phenoxy) is 4. The molecule has 3 rings (SSSR count). The molecule has 3 aromatic rings. The summed E-state index contributed by atoms with van der Waals surface area (Å²) in [4.78, 5) is 14.7. The lowest BCUT2D eigenvalue weighted by atomic mass is 10.00. The van der Waals surface area contributed by atoms with E-state index in [2.05, 4.69) is 23.1 Å². The van der Waals surface area contributed by atoms with Crippen LogP contribution < -0.4 is 10.5 Å². The van der Waals surface area contributed by atoms with Gasteiger partial charge in [0.15, 0.2) is 5.82 Å². The number of unbranched alkanes of at least 4 members (excludes halogenated alkanes) is 15. The van der Waals surface area contributed by atoms with Gasteiger partial charge in [-0.25, -0.2) is 14.1 Å². The number of methoxy groups -OCH3 is 1. The smallest absolute Gasteiger partial charge is 0.472 e. The van der Waals surface area contributed by atoms with Crippen LogP contribution in [0.15, 0.2) is 36.7 Å². The van der Waals surface area contributed by atoms with E-state index in [0.29, 0.717) is 42.1 Å². The number of hydrogen-bond donors (Lipinski definition) is 2. The molecule has 2 heterocycles. The maximum atomic E-state index is 13.1. The summed E-state index contributed by atoms with van der Waals surface area (Å²) in [6, 6.07) is 11.2. The summed E-state index contributed by atoms with van der Waals surface area (Å²) in [5, 5.41) is 13.8. The highest BCUT2D eigenvalue weighted by Crippen LogP contribution is 2.44. The minimum Gasteiger partial charge on any atom is -0.490 e. The van der Waals surface area contributed by atoms with Crippen LogP contribution in [0.2, 0.25) is 0 Å². The van der Waals surface area contributed by atoms with Crippen molar-refractivity contribution in [3.63, 3.8) is 0 Å². The van der Waals surface area contributed by atoms with E-state index in [4.69, 9.17) is 33.7 Å². The van der Waals surface area contributed by atoms with Crippen LogP contribution in [-0.4, -0.2) is 70.8 Å². The molecule has 0 spiro atoms. The largest absolute Gasteiger partial charge is 0.490 e. The highest BCUT2D eigenvalue weighted by molar-refractivity contribution is 7.47. The average molecular weight is 830 g/mol. The third-order valence-corrected chi connectivity index (χ3v) is 11.3. The summed E-state index contributed by atoms with van der Waals surface area (Å²) in [5.74, 6) is 0.857. The Labute approximate surface area is 347 Å². The van der Waals surface area contributed by atoms with Crippen LogP contribution in [0, 0.1) is 11.3 Å². The van der Waals surface area contributed by atoms with E-state index in [-0.39, 0.29) is 32.5 Å². The summed E-state index contributed by atoms with van der Waals surface area (Å²) >= 11 is 0. The highest BCUT2D eigenvalue weighted by Gasteiger charge is 2.32. The molecule has 0 aliphatic heterocycles. The molecule has 3 N–H and O–H groups in total. The SMILES string of the molecule is CCCCCCCCCCCCCCCCCCOC[C@H](COP(=O)(O)OC[C@](C)(CCc1ccc2c(N)ncnn12)OC)OCc1ccc(C#N)c(OC(C)C)c1. The topological polar surface area (TPSA) is 173 Å². The number of phosphoric acid groups is 1. The summed E-state index contributed by atoms with van der Waals surface area (Å²) in [5.41, 5.74) is 7.88. The Kier molecular flexibility index (Phi) is 23.5. The van der Waals surface area contributed by atoms with Crippen molar-refractivity contribution in [2.75, 3.05) is 39.3 Å². The fourth-order valence-corrected chi connectivity index (χ4v) is 7.55.